The highest BCUT2D eigenvalue weighted by Gasteiger charge is 2.05. The Hall–Kier alpha value is -0.450. The van der Waals surface area contributed by atoms with E-state index in [9.17, 15) is 4.79 Å². The lowest BCUT2D eigenvalue weighted by Crippen LogP contribution is -2.32. The Morgan fingerprint density at radius 2 is 1.92 bits per heavy atom. The smallest absolute Gasteiger partial charge is 0.216 e. The molecule has 0 saturated heterocycles. The van der Waals surface area contributed by atoms with Gasteiger partial charge in [0, 0.05) is 0 Å². The van der Waals surface area contributed by atoms with Gasteiger partial charge < -0.3 is 16.8 Å². The van der Waals surface area contributed by atoms with E-state index >= 15 is 0 Å². The zero-order valence-corrected chi connectivity index (χ0v) is 7.38. The molecule has 4 heteroatoms. The zero-order valence-electron chi connectivity index (χ0n) is 7.38. The molecule has 0 spiro atoms. The van der Waals surface area contributed by atoms with E-state index in [0.29, 0.717) is 13.1 Å². The largest absolute Gasteiger partial charge is 0.330 e. The predicted molar refractivity (Wildman–Crippen MR) is 49.4 cm³/mol. The number of hydrogen-bond acceptors (Lipinski definition) is 4. The average molecular weight is 172 g/mol. The van der Waals surface area contributed by atoms with E-state index in [1.807, 2.05) is 6.29 Å². The highest BCUT2D eigenvalue weighted by Crippen LogP contribution is 1.92. The molecule has 0 fully saturated rings. The highest BCUT2D eigenvalue weighted by atomic mass is 16.1. The van der Waals surface area contributed by atoms with Crippen LogP contribution in [0, 0.1) is 0 Å². The Kier molecular flexibility index (Phi) is 8.32. The monoisotopic (exact) mass is 172 g/mol. The molecule has 0 saturated carbocycles. The van der Waals surface area contributed by atoms with Crippen molar-refractivity contribution in [2.24, 2.45) is 11.5 Å². The van der Waals surface area contributed by atoms with Gasteiger partial charge >= 0.3 is 0 Å². The molecule has 0 aromatic rings. The Labute approximate surface area is 73.7 Å². The van der Waals surface area contributed by atoms with Gasteiger partial charge in [-0.3, -0.25) is 4.79 Å². The van der Waals surface area contributed by atoms with Crippen LogP contribution in [0.4, 0.5) is 0 Å². The number of carbonyl (C=O) groups excluding carboxylic acids is 1. The first-order chi connectivity index (χ1) is 5.85. The highest BCUT2D eigenvalue weighted by molar-refractivity contribution is 5.58. The van der Waals surface area contributed by atoms with Crippen molar-refractivity contribution in [1.82, 2.24) is 5.32 Å². The van der Waals surface area contributed by atoms with Crippen molar-refractivity contribution in [3.05, 3.63) is 0 Å². The normalized spacial score (nSPS) is 12.8. The van der Waals surface area contributed by atoms with Gasteiger partial charge in [-0.05, 0) is 38.9 Å². The third-order valence-corrected chi connectivity index (χ3v) is 1.61. The first-order valence-electron chi connectivity index (χ1n) is 4.36. The zero-order chi connectivity index (χ0) is 9.23. The van der Waals surface area contributed by atoms with Crippen LogP contribution >= 0.6 is 0 Å². The van der Waals surface area contributed by atoms with Crippen LogP contribution in [0.3, 0.4) is 0 Å². The maximum Gasteiger partial charge on any atom is 0.216 e. The lowest BCUT2D eigenvalue weighted by Gasteiger charge is -2.09. The van der Waals surface area contributed by atoms with Crippen LogP contribution in [0.5, 0.6) is 0 Å². The molecule has 0 aliphatic rings. The summed E-state index contributed by atoms with van der Waals surface area (Å²) in [6.45, 7) is 2.05. The fraction of sp³-hybridized carbons (Fsp3) is 0.875. The van der Waals surface area contributed by atoms with Crippen molar-refractivity contribution in [3.8, 4) is 0 Å². The van der Waals surface area contributed by atoms with E-state index in [0.717, 1.165) is 25.8 Å². The number of rotatable bonds is 8. The molecule has 0 bridgehead atoms. The topological polar surface area (TPSA) is 81.1 Å². The SMILES string of the molecule is NCCCN[C@H]([C]=O)CCCN. The second-order valence-electron chi connectivity index (χ2n) is 2.70. The van der Waals surface area contributed by atoms with E-state index in [-0.39, 0.29) is 6.04 Å². The molecule has 0 aromatic carbocycles. The van der Waals surface area contributed by atoms with Gasteiger partial charge in [0.25, 0.3) is 0 Å². The van der Waals surface area contributed by atoms with Crippen LogP contribution < -0.4 is 16.8 Å². The van der Waals surface area contributed by atoms with Gasteiger partial charge in [0.2, 0.25) is 6.29 Å². The summed E-state index contributed by atoms with van der Waals surface area (Å²) in [5.41, 5.74) is 10.6. The van der Waals surface area contributed by atoms with E-state index in [4.69, 9.17) is 11.5 Å². The van der Waals surface area contributed by atoms with Gasteiger partial charge in [0.15, 0.2) is 0 Å². The molecule has 12 heavy (non-hydrogen) atoms. The van der Waals surface area contributed by atoms with Crippen LogP contribution in [0.25, 0.3) is 0 Å². The Morgan fingerprint density at radius 1 is 1.25 bits per heavy atom. The van der Waals surface area contributed by atoms with Gasteiger partial charge in [-0.15, -0.1) is 0 Å². The summed E-state index contributed by atoms with van der Waals surface area (Å²) < 4.78 is 0. The fourth-order valence-electron chi connectivity index (χ4n) is 0.903. The van der Waals surface area contributed by atoms with E-state index in [2.05, 4.69) is 5.32 Å². The van der Waals surface area contributed by atoms with Gasteiger partial charge in [0.05, 0.1) is 6.04 Å². The van der Waals surface area contributed by atoms with Crippen molar-refractivity contribution in [1.29, 1.82) is 0 Å². The molecular formula is C8H18N3O. The summed E-state index contributed by atoms with van der Waals surface area (Å²) in [4.78, 5) is 10.3. The van der Waals surface area contributed by atoms with Crippen LogP contribution in [0.2, 0.25) is 0 Å². The average Bonchev–Trinajstić information content (AvgIpc) is 2.11. The molecular weight excluding hydrogens is 154 g/mol. The summed E-state index contributed by atoms with van der Waals surface area (Å²) in [5.74, 6) is 0. The Bertz CT molecular complexity index is 108. The standard InChI is InChI=1S/C8H18N3O/c9-4-1-3-8(7-12)11-6-2-5-10/h8,11H,1-6,9-10H2/t8-/m0/s1. The second-order valence-corrected chi connectivity index (χ2v) is 2.70. The minimum atomic E-state index is -0.167. The first kappa shape index (κ1) is 11.6. The molecule has 0 amide bonds. The third kappa shape index (κ3) is 6.27. The van der Waals surface area contributed by atoms with Crippen LogP contribution in [0.15, 0.2) is 0 Å². The second kappa shape index (κ2) is 8.64. The van der Waals surface area contributed by atoms with E-state index < -0.39 is 0 Å². The van der Waals surface area contributed by atoms with Gasteiger partial charge in [-0.2, -0.15) is 0 Å². The molecule has 0 aromatic heterocycles. The molecule has 5 N–H and O–H groups in total. The predicted octanol–water partition coefficient (Wildman–Crippen LogP) is -0.858. The summed E-state index contributed by atoms with van der Waals surface area (Å²) >= 11 is 0. The first-order valence-corrected chi connectivity index (χ1v) is 4.36. The van der Waals surface area contributed by atoms with E-state index in [1.165, 1.54) is 0 Å². The van der Waals surface area contributed by atoms with E-state index in [1.54, 1.807) is 0 Å². The quantitative estimate of drug-likeness (QED) is 0.416. The van der Waals surface area contributed by atoms with Crippen molar-refractivity contribution in [2.75, 3.05) is 19.6 Å². The fourth-order valence-corrected chi connectivity index (χ4v) is 0.903. The molecule has 0 aliphatic heterocycles. The van der Waals surface area contributed by atoms with Crippen molar-refractivity contribution in [2.45, 2.75) is 25.3 Å². The van der Waals surface area contributed by atoms with Crippen molar-refractivity contribution in [3.63, 3.8) is 0 Å². The molecule has 0 rings (SSSR count). The van der Waals surface area contributed by atoms with Gasteiger partial charge in [-0.1, -0.05) is 0 Å². The molecule has 1 atom stereocenters. The lowest BCUT2D eigenvalue weighted by atomic mass is 10.2. The summed E-state index contributed by atoms with van der Waals surface area (Å²) in [7, 11) is 0. The van der Waals surface area contributed by atoms with Crippen LogP contribution in [-0.2, 0) is 4.79 Å². The molecule has 0 unspecified atom stereocenters. The summed E-state index contributed by atoms with van der Waals surface area (Å²) in [6, 6.07) is -0.167. The molecule has 0 aliphatic carbocycles. The molecule has 71 valence electrons. The summed E-state index contributed by atoms with van der Waals surface area (Å²) in [5, 5.41) is 3.05. The van der Waals surface area contributed by atoms with Gasteiger partial charge in [-0.25, -0.2) is 0 Å². The minimum Gasteiger partial charge on any atom is -0.330 e. The van der Waals surface area contributed by atoms with Crippen LogP contribution in [0.1, 0.15) is 19.3 Å². The minimum absolute atomic E-state index is 0.167. The maximum absolute atomic E-state index is 10.3. The van der Waals surface area contributed by atoms with Crippen molar-refractivity contribution >= 4 is 6.29 Å². The lowest BCUT2D eigenvalue weighted by molar-refractivity contribution is 0.492. The molecule has 4 nitrogen and oxygen atoms in total. The molecule has 0 heterocycles. The number of nitrogens with two attached hydrogens (primary N) is 2. The third-order valence-electron chi connectivity index (χ3n) is 1.61. The van der Waals surface area contributed by atoms with Crippen LogP contribution in [-0.4, -0.2) is 32.0 Å². The van der Waals surface area contributed by atoms with Crippen molar-refractivity contribution < 1.29 is 4.79 Å². The number of nitrogens with one attached hydrogen (secondary N) is 1. The Morgan fingerprint density at radius 3 is 2.42 bits per heavy atom. The summed E-state index contributed by atoms with van der Waals surface area (Å²) in [6.07, 6.45) is 4.45. The molecule has 1 radical (unpaired) electrons. The maximum atomic E-state index is 10.3. The Balaban J connectivity index is 3.32. The van der Waals surface area contributed by atoms with Gasteiger partial charge in [0.1, 0.15) is 0 Å². The number of hydrogen-bond donors (Lipinski definition) is 3.